The fourth-order valence-corrected chi connectivity index (χ4v) is 4.98. The summed E-state index contributed by atoms with van der Waals surface area (Å²) < 4.78 is 47.2. The first-order valence-electron chi connectivity index (χ1n) is 11.7. The molecule has 1 aromatic heterocycles. The number of fused-ring (bicyclic) bond motifs is 1. The second-order valence-electron chi connectivity index (χ2n) is 9.48. The molecule has 2 aliphatic carbocycles. The number of hydrogen-bond acceptors (Lipinski definition) is 3. The van der Waals surface area contributed by atoms with E-state index in [2.05, 4.69) is 6.92 Å². The quantitative estimate of drug-likeness (QED) is 0.397. The molecule has 5 rings (SSSR count). The summed E-state index contributed by atoms with van der Waals surface area (Å²) in [5.74, 6) is 0.917. The number of esters is 1. The first kappa shape index (κ1) is 22.0. The van der Waals surface area contributed by atoms with Crippen LogP contribution in [-0.2, 0) is 15.7 Å². The zero-order valence-corrected chi connectivity index (χ0v) is 18.5. The molecule has 7 heteroatoms. The Morgan fingerprint density at radius 1 is 1.06 bits per heavy atom. The lowest BCUT2D eigenvalue weighted by Gasteiger charge is -2.29. The Balaban J connectivity index is 1.55. The molecule has 2 aliphatic rings. The van der Waals surface area contributed by atoms with Crippen molar-refractivity contribution in [2.75, 3.05) is 0 Å². The van der Waals surface area contributed by atoms with Crippen LogP contribution in [0.25, 0.3) is 22.4 Å². The van der Waals surface area contributed by atoms with Crippen molar-refractivity contribution in [3.8, 4) is 11.4 Å². The van der Waals surface area contributed by atoms with Crippen LogP contribution in [0.2, 0.25) is 0 Å². The monoisotopic (exact) mass is 456 g/mol. The van der Waals surface area contributed by atoms with Crippen molar-refractivity contribution < 1.29 is 22.7 Å². The summed E-state index contributed by atoms with van der Waals surface area (Å²) in [6.07, 6.45) is 1.31. The molecule has 0 bridgehead atoms. The van der Waals surface area contributed by atoms with Gasteiger partial charge in [-0.3, -0.25) is 0 Å². The van der Waals surface area contributed by atoms with Crippen molar-refractivity contribution in [2.45, 2.75) is 63.8 Å². The van der Waals surface area contributed by atoms with Gasteiger partial charge in [-0.1, -0.05) is 37.6 Å². The fraction of sp³-hybridized carbons (Fsp3) is 0.462. The highest BCUT2D eigenvalue weighted by atomic mass is 19.4. The maximum absolute atomic E-state index is 13.5. The van der Waals surface area contributed by atoms with Crippen LogP contribution in [0.15, 0.2) is 48.5 Å². The highest BCUT2D eigenvalue weighted by Crippen LogP contribution is 2.44. The highest BCUT2D eigenvalue weighted by molar-refractivity contribution is 5.85. The summed E-state index contributed by atoms with van der Waals surface area (Å²) in [7, 11) is 0. The van der Waals surface area contributed by atoms with Gasteiger partial charge in [0, 0.05) is 5.56 Å². The lowest BCUT2D eigenvalue weighted by Crippen LogP contribution is -2.31. The molecule has 2 saturated carbocycles. The van der Waals surface area contributed by atoms with Crippen LogP contribution in [0.5, 0.6) is 0 Å². The summed E-state index contributed by atoms with van der Waals surface area (Å²) in [5, 5.41) is 0. The van der Waals surface area contributed by atoms with Crippen LogP contribution in [-0.4, -0.2) is 21.6 Å². The van der Waals surface area contributed by atoms with Gasteiger partial charge < -0.3 is 9.30 Å². The number of hydrogen-bond donors (Lipinski definition) is 0. The van der Waals surface area contributed by atoms with Crippen molar-refractivity contribution >= 4 is 17.0 Å². The van der Waals surface area contributed by atoms with Gasteiger partial charge in [0.25, 0.3) is 0 Å². The molecule has 2 aromatic carbocycles. The molecular weight excluding hydrogens is 429 g/mol. The Morgan fingerprint density at radius 2 is 1.79 bits per heavy atom. The van der Waals surface area contributed by atoms with Gasteiger partial charge >= 0.3 is 12.1 Å². The standard InChI is InChI=1S/C26H27F3N2O2/c1-16-5-4-6-20(15-16)33-25(32)23(17-9-10-17)31-22-8-3-2-7-21(22)30-24(31)18-11-13-19(14-12-18)26(27,28)29/h2-3,7-8,11-14,16-17,20,23H,4-6,9-10,15H2,1H3. The van der Waals surface area contributed by atoms with Gasteiger partial charge in [0.2, 0.25) is 0 Å². The van der Waals surface area contributed by atoms with E-state index in [-0.39, 0.29) is 18.0 Å². The van der Waals surface area contributed by atoms with E-state index in [0.29, 0.717) is 22.8 Å². The van der Waals surface area contributed by atoms with E-state index in [4.69, 9.17) is 9.72 Å². The molecule has 0 N–H and O–H groups in total. The molecule has 0 spiro atoms. The van der Waals surface area contributed by atoms with Crippen molar-refractivity contribution in [2.24, 2.45) is 11.8 Å². The topological polar surface area (TPSA) is 44.1 Å². The minimum Gasteiger partial charge on any atom is -0.461 e. The van der Waals surface area contributed by atoms with Crippen LogP contribution >= 0.6 is 0 Å². The molecular formula is C26H27F3N2O2. The van der Waals surface area contributed by atoms with Crippen LogP contribution in [0.4, 0.5) is 13.2 Å². The molecule has 4 nitrogen and oxygen atoms in total. The summed E-state index contributed by atoms with van der Waals surface area (Å²) >= 11 is 0. The van der Waals surface area contributed by atoms with Gasteiger partial charge in [0.15, 0.2) is 0 Å². The number of imidazole rings is 1. The van der Waals surface area contributed by atoms with Crippen LogP contribution < -0.4 is 0 Å². The van der Waals surface area contributed by atoms with E-state index in [0.717, 1.165) is 56.2 Å². The van der Waals surface area contributed by atoms with E-state index >= 15 is 0 Å². The normalized spacial score (nSPS) is 22.3. The Kier molecular flexibility index (Phi) is 5.67. The molecule has 0 saturated heterocycles. The number of halogens is 3. The number of alkyl halides is 3. The summed E-state index contributed by atoms with van der Waals surface area (Å²) in [5.41, 5.74) is 1.33. The SMILES string of the molecule is CC1CCCC(OC(=O)C(C2CC2)n2c(-c3ccc(C(F)(F)F)cc3)nc3ccccc32)C1. The van der Waals surface area contributed by atoms with Crippen LogP contribution in [0.3, 0.4) is 0 Å². The first-order chi connectivity index (χ1) is 15.8. The molecule has 3 unspecified atom stereocenters. The molecule has 33 heavy (non-hydrogen) atoms. The number of ether oxygens (including phenoxy) is 1. The zero-order valence-electron chi connectivity index (χ0n) is 18.5. The maximum Gasteiger partial charge on any atom is 0.416 e. The van der Waals surface area contributed by atoms with Crippen molar-refractivity contribution in [1.82, 2.24) is 9.55 Å². The van der Waals surface area contributed by atoms with E-state index < -0.39 is 17.8 Å². The van der Waals surface area contributed by atoms with Gasteiger partial charge in [-0.25, -0.2) is 9.78 Å². The highest BCUT2D eigenvalue weighted by Gasteiger charge is 2.42. The predicted octanol–water partition coefficient (Wildman–Crippen LogP) is 6.80. The van der Waals surface area contributed by atoms with E-state index in [1.165, 1.54) is 12.1 Å². The Bertz CT molecular complexity index is 1150. The van der Waals surface area contributed by atoms with Crippen LogP contribution in [0.1, 0.15) is 57.1 Å². The minimum absolute atomic E-state index is 0.0770. The largest absolute Gasteiger partial charge is 0.461 e. The van der Waals surface area contributed by atoms with Gasteiger partial charge in [-0.2, -0.15) is 13.2 Å². The lowest BCUT2D eigenvalue weighted by atomic mass is 9.88. The minimum atomic E-state index is -4.41. The molecule has 3 aromatic rings. The van der Waals surface area contributed by atoms with Gasteiger partial charge in [-0.15, -0.1) is 0 Å². The third-order valence-corrected chi connectivity index (χ3v) is 6.83. The van der Waals surface area contributed by atoms with Crippen molar-refractivity contribution in [3.63, 3.8) is 0 Å². The van der Waals surface area contributed by atoms with E-state index in [1.54, 1.807) is 0 Å². The van der Waals surface area contributed by atoms with Crippen LogP contribution in [0, 0.1) is 11.8 Å². The Morgan fingerprint density at radius 3 is 2.45 bits per heavy atom. The number of benzene rings is 2. The molecule has 0 aliphatic heterocycles. The fourth-order valence-electron chi connectivity index (χ4n) is 4.98. The third-order valence-electron chi connectivity index (χ3n) is 6.83. The second-order valence-corrected chi connectivity index (χ2v) is 9.48. The van der Waals surface area contributed by atoms with E-state index in [9.17, 15) is 18.0 Å². The molecule has 174 valence electrons. The lowest BCUT2D eigenvalue weighted by molar-refractivity contribution is -0.156. The molecule has 1 heterocycles. The van der Waals surface area contributed by atoms with Crippen molar-refractivity contribution in [1.29, 1.82) is 0 Å². The zero-order chi connectivity index (χ0) is 23.2. The Labute approximate surface area is 190 Å². The second kappa shape index (κ2) is 8.50. The number of rotatable bonds is 5. The average Bonchev–Trinajstić information content (AvgIpc) is 3.54. The molecule has 0 amide bonds. The number of para-hydroxylation sites is 2. The van der Waals surface area contributed by atoms with E-state index in [1.807, 2.05) is 28.8 Å². The number of carbonyl (C=O) groups is 1. The number of nitrogens with zero attached hydrogens (tertiary/aromatic N) is 2. The first-order valence-corrected chi connectivity index (χ1v) is 11.7. The summed E-state index contributed by atoms with van der Waals surface area (Å²) in [6, 6.07) is 12.0. The van der Waals surface area contributed by atoms with Crippen molar-refractivity contribution in [3.05, 3.63) is 54.1 Å². The molecule has 3 atom stereocenters. The van der Waals surface area contributed by atoms with Gasteiger partial charge in [0.1, 0.15) is 18.0 Å². The number of aromatic nitrogens is 2. The number of carbonyl (C=O) groups excluding carboxylic acids is 1. The van der Waals surface area contributed by atoms with Gasteiger partial charge in [0.05, 0.1) is 16.6 Å². The Hall–Kier alpha value is -2.83. The summed E-state index contributed by atoms with van der Waals surface area (Å²) in [6.45, 7) is 2.18. The smallest absolute Gasteiger partial charge is 0.416 e. The third kappa shape index (κ3) is 4.50. The van der Waals surface area contributed by atoms with Gasteiger partial charge in [-0.05, 0) is 68.2 Å². The average molecular weight is 457 g/mol. The maximum atomic E-state index is 13.5. The predicted molar refractivity (Wildman–Crippen MR) is 119 cm³/mol. The molecule has 0 radical (unpaired) electrons. The summed E-state index contributed by atoms with van der Waals surface area (Å²) in [4.78, 5) is 18.2. The molecule has 2 fully saturated rings.